The van der Waals surface area contributed by atoms with Crippen LogP contribution in [0.1, 0.15) is 12.5 Å². The molecule has 0 fully saturated rings. The van der Waals surface area contributed by atoms with Crippen LogP contribution in [0.3, 0.4) is 0 Å². The van der Waals surface area contributed by atoms with Gasteiger partial charge in [0.2, 0.25) is 5.24 Å². The summed E-state index contributed by atoms with van der Waals surface area (Å²) in [7, 11) is -4.07. The Morgan fingerprint density at radius 1 is 1.04 bits per heavy atom. The summed E-state index contributed by atoms with van der Waals surface area (Å²) in [4.78, 5) is 11.6. The molecule has 0 bridgehead atoms. The maximum absolute atomic E-state index is 13.0. The summed E-state index contributed by atoms with van der Waals surface area (Å²) in [5.41, 5.74) is 1.28. The van der Waals surface area contributed by atoms with E-state index in [0.29, 0.717) is 5.69 Å². The van der Waals surface area contributed by atoms with E-state index in [-0.39, 0.29) is 14.9 Å². The van der Waals surface area contributed by atoms with Crippen LogP contribution < -0.4 is 4.31 Å². The van der Waals surface area contributed by atoms with Gasteiger partial charge in [0, 0.05) is 0 Å². The number of sulfonamides is 1. The van der Waals surface area contributed by atoms with Crippen LogP contribution in [0.4, 0.5) is 5.69 Å². The molecule has 4 nitrogen and oxygen atoms in total. The van der Waals surface area contributed by atoms with Gasteiger partial charge >= 0.3 is 0 Å². The molecule has 0 saturated heterocycles. The van der Waals surface area contributed by atoms with Gasteiger partial charge in [0.1, 0.15) is 6.04 Å². The van der Waals surface area contributed by atoms with Gasteiger partial charge in [-0.2, -0.15) is 0 Å². The Balaban J connectivity index is 2.62. The minimum absolute atomic E-state index is 0.0813. The Morgan fingerprint density at radius 3 is 2.12 bits per heavy atom. The first-order valence-electron chi connectivity index (χ1n) is 6.90. The van der Waals surface area contributed by atoms with Crippen molar-refractivity contribution in [1.29, 1.82) is 0 Å². The lowest BCUT2D eigenvalue weighted by atomic mass is 10.2. The van der Waals surface area contributed by atoms with Gasteiger partial charge in [0.05, 0.1) is 20.6 Å². The van der Waals surface area contributed by atoms with Gasteiger partial charge in [-0.1, -0.05) is 40.9 Å². The van der Waals surface area contributed by atoms with Crippen LogP contribution in [0.2, 0.25) is 10.0 Å². The number of benzene rings is 2. The SMILES string of the molecule is Cc1ccc(N(C(C)C(=O)Cl)S(=O)(=O)c2ccc(Cl)c(Cl)c2)cc1. The predicted octanol–water partition coefficient (Wildman–Crippen LogP) is 4.65. The van der Waals surface area contributed by atoms with E-state index in [0.717, 1.165) is 9.87 Å². The lowest BCUT2D eigenvalue weighted by Crippen LogP contribution is -2.42. The molecule has 1 atom stereocenters. The van der Waals surface area contributed by atoms with E-state index in [1.807, 2.05) is 6.92 Å². The lowest BCUT2D eigenvalue weighted by Gasteiger charge is -2.28. The van der Waals surface area contributed by atoms with Crippen LogP contribution >= 0.6 is 34.8 Å². The Morgan fingerprint density at radius 2 is 1.62 bits per heavy atom. The first kappa shape index (κ1) is 19.1. The Kier molecular flexibility index (Phi) is 5.81. The molecule has 0 spiro atoms. The minimum Gasteiger partial charge on any atom is -0.279 e. The molecule has 24 heavy (non-hydrogen) atoms. The fraction of sp³-hybridized carbons (Fsp3) is 0.188. The monoisotopic (exact) mass is 405 g/mol. The van der Waals surface area contributed by atoms with E-state index >= 15 is 0 Å². The molecule has 0 N–H and O–H groups in total. The van der Waals surface area contributed by atoms with Crippen LogP contribution in [0.15, 0.2) is 47.4 Å². The highest BCUT2D eigenvalue weighted by atomic mass is 35.5. The second-order valence-electron chi connectivity index (χ2n) is 5.19. The number of carbonyl (C=O) groups excluding carboxylic acids is 1. The Bertz CT molecular complexity index is 867. The standard InChI is InChI=1S/C16H14Cl3NO3S/c1-10-3-5-12(6-4-10)20(11(2)16(19)21)24(22,23)13-7-8-14(17)15(18)9-13/h3-9,11H,1-2H3. The number of hydrogen-bond acceptors (Lipinski definition) is 3. The summed E-state index contributed by atoms with van der Waals surface area (Å²) >= 11 is 17.3. The number of aryl methyl sites for hydroxylation is 1. The fourth-order valence-electron chi connectivity index (χ4n) is 2.11. The Labute approximate surface area is 156 Å². The van der Waals surface area contributed by atoms with Crippen molar-refractivity contribution in [2.24, 2.45) is 0 Å². The third kappa shape index (κ3) is 3.86. The van der Waals surface area contributed by atoms with E-state index < -0.39 is 21.3 Å². The zero-order valence-corrected chi connectivity index (χ0v) is 15.9. The molecule has 2 rings (SSSR count). The highest BCUT2D eigenvalue weighted by Gasteiger charge is 2.33. The zero-order chi connectivity index (χ0) is 18.1. The molecule has 0 amide bonds. The van der Waals surface area contributed by atoms with E-state index in [9.17, 15) is 13.2 Å². The summed E-state index contributed by atoms with van der Waals surface area (Å²) in [6.07, 6.45) is 0. The molecular formula is C16H14Cl3NO3S. The van der Waals surface area contributed by atoms with Gasteiger partial charge in [-0.05, 0) is 55.8 Å². The third-order valence-corrected chi connectivity index (χ3v) is 6.37. The van der Waals surface area contributed by atoms with E-state index in [4.69, 9.17) is 34.8 Å². The predicted molar refractivity (Wildman–Crippen MR) is 97.6 cm³/mol. The number of hydrogen-bond donors (Lipinski definition) is 0. The van der Waals surface area contributed by atoms with Crippen molar-refractivity contribution in [2.45, 2.75) is 24.8 Å². The lowest BCUT2D eigenvalue weighted by molar-refractivity contribution is -0.112. The molecule has 0 radical (unpaired) electrons. The normalized spacial score (nSPS) is 12.7. The van der Waals surface area contributed by atoms with Crippen molar-refractivity contribution >= 4 is 55.8 Å². The first-order chi connectivity index (χ1) is 11.1. The topological polar surface area (TPSA) is 54.5 Å². The van der Waals surface area contributed by atoms with E-state index in [1.165, 1.54) is 25.1 Å². The molecule has 2 aromatic carbocycles. The summed E-state index contributed by atoms with van der Waals surface area (Å²) in [5.74, 6) is 0. The van der Waals surface area contributed by atoms with Gasteiger partial charge in [-0.25, -0.2) is 8.42 Å². The summed E-state index contributed by atoms with van der Waals surface area (Å²) in [6, 6.07) is 9.59. The van der Waals surface area contributed by atoms with Crippen LogP contribution in [0.5, 0.6) is 0 Å². The molecule has 0 saturated carbocycles. The quantitative estimate of drug-likeness (QED) is 0.679. The summed E-state index contributed by atoms with van der Waals surface area (Å²) < 4.78 is 27.1. The van der Waals surface area contributed by atoms with Crippen molar-refractivity contribution in [2.75, 3.05) is 4.31 Å². The van der Waals surface area contributed by atoms with Crippen molar-refractivity contribution in [3.8, 4) is 0 Å². The number of anilines is 1. The van der Waals surface area contributed by atoms with E-state index in [1.54, 1.807) is 24.3 Å². The number of rotatable bonds is 5. The average Bonchev–Trinajstić information content (AvgIpc) is 2.51. The Hall–Kier alpha value is -1.27. The average molecular weight is 407 g/mol. The van der Waals surface area contributed by atoms with Crippen molar-refractivity contribution < 1.29 is 13.2 Å². The molecular weight excluding hydrogens is 393 g/mol. The van der Waals surface area contributed by atoms with E-state index in [2.05, 4.69) is 0 Å². The molecule has 0 aliphatic heterocycles. The molecule has 2 aromatic rings. The molecule has 128 valence electrons. The smallest absolute Gasteiger partial charge is 0.265 e. The highest BCUT2D eigenvalue weighted by molar-refractivity contribution is 7.93. The van der Waals surface area contributed by atoms with Gasteiger partial charge < -0.3 is 0 Å². The third-order valence-electron chi connectivity index (χ3n) is 3.42. The number of nitrogens with zero attached hydrogens (tertiary/aromatic N) is 1. The maximum Gasteiger partial charge on any atom is 0.265 e. The molecule has 0 aliphatic rings. The summed E-state index contributed by atoms with van der Waals surface area (Å²) in [6.45, 7) is 3.29. The fourth-order valence-corrected chi connectivity index (χ4v) is 4.27. The zero-order valence-electron chi connectivity index (χ0n) is 12.8. The van der Waals surface area contributed by atoms with Gasteiger partial charge in [-0.3, -0.25) is 9.10 Å². The van der Waals surface area contributed by atoms with Crippen LogP contribution in [0, 0.1) is 6.92 Å². The van der Waals surface area contributed by atoms with Crippen molar-refractivity contribution in [3.63, 3.8) is 0 Å². The van der Waals surface area contributed by atoms with Gasteiger partial charge in [0.15, 0.2) is 0 Å². The molecule has 1 unspecified atom stereocenters. The van der Waals surface area contributed by atoms with Crippen LogP contribution in [-0.4, -0.2) is 19.7 Å². The maximum atomic E-state index is 13.0. The molecule has 0 aromatic heterocycles. The van der Waals surface area contributed by atoms with Crippen molar-refractivity contribution in [1.82, 2.24) is 0 Å². The minimum atomic E-state index is -4.07. The van der Waals surface area contributed by atoms with Gasteiger partial charge in [-0.15, -0.1) is 0 Å². The molecule has 0 aliphatic carbocycles. The number of halogens is 3. The van der Waals surface area contributed by atoms with Crippen LogP contribution in [0.25, 0.3) is 0 Å². The first-order valence-corrected chi connectivity index (χ1v) is 9.47. The largest absolute Gasteiger partial charge is 0.279 e. The second kappa shape index (κ2) is 7.31. The molecule has 8 heteroatoms. The highest BCUT2D eigenvalue weighted by Crippen LogP contribution is 2.31. The summed E-state index contributed by atoms with van der Waals surface area (Å²) in [5, 5.41) is -0.454. The number of carbonyl (C=O) groups is 1. The van der Waals surface area contributed by atoms with Gasteiger partial charge in [0.25, 0.3) is 10.0 Å². The second-order valence-corrected chi connectivity index (χ2v) is 8.19. The van der Waals surface area contributed by atoms with Crippen molar-refractivity contribution in [3.05, 3.63) is 58.1 Å². The van der Waals surface area contributed by atoms with Crippen LogP contribution in [-0.2, 0) is 14.8 Å². The molecule has 0 heterocycles.